The molecule has 0 bridgehead atoms. The van der Waals surface area contributed by atoms with E-state index < -0.39 is 116 Å². The Balaban J connectivity index is 2.72. The van der Waals surface area contributed by atoms with Crippen molar-refractivity contribution in [1.29, 1.82) is 0 Å². The van der Waals surface area contributed by atoms with Crippen molar-refractivity contribution >= 4 is 23.9 Å². The molecule has 3 unspecified atom stereocenters. The first-order chi connectivity index (χ1) is 22.1. The van der Waals surface area contributed by atoms with Gasteiger partial charge in [0.2, 0.25) is 12.1 Å². The predicted octanol–water partition coefficient (Wildman–Crippen LogP) is 0.992. The summed E-state index contributed by atoms with van der Waals surface area (Å²) in [5, 5.41) is 41.4. The Morgan fingerprint density at radius 1 is 0.766 bits per heavy atom. The molecule has 0 aliphatic carbocycles. The minimum Gasteiger partial charge on any atom is -0.463 e. The molecule has 0 radical (unpaired) electrons. The summed E-state index contributed by atoms with van der Waals surface area (Å²) in [6.07, 6.45) is -11.6. The molecule has 0 saturated carbocycles. The molecule has 0 aromatic carbocycles. The molecular weight excluding hydrogens is 624 g/mol. The van der Waals surface area contributed by atoms with Crippen LogP contribution < -0.4 is 0 Å². The number of aliphatic hydroxyl groups excluding tert-OH is 4. The molecular formula is C32H54O15. The average molecular weight is 679 g/mol. The van der Waals surface area contributed by atoms with E-state index in [0.29, 0.717) is 19.3 Å². The van der Waals surface area contributed by atoms with E-state index in [0.717, 1.165) is 0 Å². The molecule has 2 saturated heterocycles. The van der Waals surface area contributed by atoms with E-state index in [9.17, 15) is 39.6 Å². The summed E-state index contributed by atoms with van der Waals surface area (Å²) < 4.78 is 40.7. The Morgan fingerprint density at radius 2 is 1.34 bits per heavy atom. The van der Waals surface area contributed by atoms with Gasteiger partial charge in [-0.3, -0.25) is 19.2 Å². The second-order valence-corrected chi connectivity index (χ2v) is 12.8. The lowest BCUT2D eigenvalue weighted by Gasteiger charge is -2.46. The summed E-state index contributed by atoms with van der Waals surface area (Å²) in [5.74, 6) is -7.10. The number of esters is 4. The van der Waals surface area contributed by atoms with Crippen LogP contribution in [0.15, 0.2) is 0 Å². The van der Waals surface area contributed by atoms with Gasteiger partial charge >= 0.3 is 23.9 Å². The molecule has 4 N–H and O–H groups in total. The van der Waals surface area contributed by atoms with Gasteiger partial charge in [0.25, 0.3) is 0 Å². The Morgan fingerprint density at radius 3 is 1.81 bits per heavy atom. The van der Waals surface area contributed by atoms with Gasteiger partial charge in [-0.05, 0) is 18.8 Å². The topological polar surface area (TPSA) is 214 Å². The van der Waals surface area contributed by atoms with Gasteiger partial charge in [0.05, 0.1) is 24.4 Å². The fourth-order valence-electron chi connectivity index (χ4n) is 4.77. The Hall–Kier alpha value is -2.40. The molecule has 272 valence electrons. The average Bonchev–Trinajstić information content (AvgIpc) is 3.29. The van der Waals surface area contributed by atoms with Crippen LogP contribution in [0.4, 0.5) is 0 Å². The number of aliphatic hydroxyl groups is 4. The quantitative estimate of drug-likeness (QED) is 0.125. The lowest BCUT2D eigenvalue weighted by atomic mass is 9.96. The number of carbonyl (C=O) groups excluding carboxylic acids is 4. The zero-order valence-corrected chi connectivity index (χ0v) is 28.7. The molecule has 2 heterocycles. The summed E-state index contributed by atoms with van der Waals surface area (Å²) in [6, 6.07) is 0. The molecule has 15 nitrogen and oxygen atoms in total. The van der Waals surface area contributed by atoms with E-state index in [1.807, 2.05) is 13.8 Å². The van der Waals surface area contributed by atoms with Crippen LogP contribution in [-0.2, 0) is 52.3 Å². The SMILES string of the molecule is CCC(C)CC(=O)O[C@@H]1[C@@H](OC(=O)C(C)CC)[C@@H](O[C@]2(CO)O[C@H](CO)[C@@H](O)[C@@H]2O)O[C@H](COC(=O)C(C)C)[C@H]1OC(=O)C(C)CC. The number of hydrogen-bond acceptors (Lipinski definition) is 15. The standard InChI is InChI=1S/C32H54O15/c1-9-17(6)12-22(35)43-25-24(44-29(39)18(7)10-2)21(14-41-28(38)16(4)5)42-31(26(25)45-30(40)19(8)11-3)47-32(15-34)27(37)23(36)20(13-33)46-32/h16-21,23-27,31,33-34,36-37H,9-15H2,1-8H3/t17?,18?,19?,20-,21-,23-,24-,25+,26-,27+,31-,32+/m1/s1. The lowest BCUT2D eigenvalue weighted by Crippen LogP contribution is -2.65. The molecule has 2 aliphatic rings. The maximum atomic E-state index is 13.3. The van der Waals surface area contributed by atoms with Crippen molar-refractivity contribution in [3.05, 3.63) is 0 Å². The minimum atomic E-state index is -2.41. The molecule has 0 aromatic heterocycles. The molecule has 2 aliphatic heterocycles. The van der Waals surface area contributed by atoms with Crippen molar-refractivity contribution in [2.24, 2.45) is 23.7 Å². The van der Waals surface area contributed by atoms with Gasteiger partial charge < -0.3 is 53.6 Å². The summed E-state index contributed by atoms with van der Waals surface area (Å²) in [6.45, 7) is 11.3. The third-order valence-corrected chi connectivity index (χ3v) is 8.69. The van der Waals surface area contributed by atoms with Crippen molar-refractivity contribution in [2.75, 3.05) is 19.8 Å². The second-order valence-electron chi connectivity index (χ2n) is 12.8. The largest absolute Gasteiger partial charge is 0.463 e. The zero-order valence-electron chi connectivity index (χ0n) is 28.7. The maximum Gasteiger partial charge on any atom is 0.309 e. The van der Waals surface area contributed by atoms with Crippen LogP contribution in [0, 0.1) is 23.7 Å². The number of rotatable bonds is 17. The van der Waals surface area contributed by atoms with Crippen LogP contribution in [0.3, 0.4) is 0 Å². The number of hydrogen-bond donors (Lipinski definition) is 4. The summed E-state index contributed by atoms with van der Waals surface area (Å²) in [7, 11) is 0. The van der Waals surface area contributed by atoms with Gasteiger partial charge in [-0.2, -0.15) is 0 Å². The van der Waals surface area contributed by atoms with Crippen molar-refractivity contribution in [3.63, 3.8) is 0 Å². The van der Waals surface area contributed by atoms with E-state index >= 15 is 0 Å². The van der Waals surface area contributed by atoms with Crippen molar-refractivity contribution < 1.29 is 72.8 Å². The van der Waals surface area contributed by atoms with Crippen LogP contribution in [0.25, 0.3) is 0 Å². The highest BCUT2D eigenvalue weighted by atomic mass is 16.8. The Kier molecular flexibility index (Phi) is 16.0. The first-order valence-electron chi connectivity index (χ1n) is 16.4. The minimum absolute atomic E-state index is 0.0444. The summed E-state index contributed by atoms with van der Waals surface area (Å²) >= 11 is 0. The fraction of sp³-hybridized carbons (Fsp3) is 0.875. The lowest BCUT2D eigenvalue weighted by molar-refractivity contribution is -0.384. The highest BCUT2D eigenvalue weighted by Crippen LogP contribution is 2.38. The normalized spacial score (nSPS) is 32.7. The van der Waals surface area contributed by atoms with Gasteiger partial charge in [0.1, 0.15) is 37.6 Å². The van der Waals surface area contributed by atoms with E-state index in [4.69, 9.17) is 33.2 Å². The van der Waals surface area contributed by atoms with E-state index in [1.165, 1.54) is 0 Å². The molecule has 0 amide bonds. The van der Waals surface area contributed by atoms with E-state index in [-0.39, 0.29) is 12.3 Å². The summed E-state index contributed by atoms with van der Waals surface area (Å²) in [5.41, 5.74) is 0. The van der Waals surface area contributed by atoms with Crippen LogP contribution in [0.5, 0.6) is 0 Å². The number of carbonyl (C=O) groups is 4. The van der Waals surface area contributed by atoms with Crippen LogP contribution in [0.2, 0.25) is 0 Å². The molecule has 0 aromatic rings. The molecule has 2 rings (SSSR count). The third kappa shape index (κ3) is 10.3. The van der Waals surface area contributed by atoms with Crippen LogP contribution >= 0.6 is 0 Å². The highest BCUT2D eigenvalue weighted by molar-refractivity contribution is 5.74. The molecule has 2 fully saturated rings. The number of ether oxygens (including phenoxy) is 7. The van der Waals surface area contributed by atoms with E-state index in [2.05, 4.69) is 0 Å². The van der Waals surface area contributed by atoms with Crippen LogP contribution in [-0.4, -0.2) is 119 Å². The molecule has 15 heteroatoms. The Bertz CT molecular complexity index is 1040. The zero-order chi connectivity index (χ0) is 35.6. The first-order valence-corrected chi connectivity index (χ1v) is 16.4. The Labute approximate surface area is 276 Å². The fourth-order valence-corrected chi connectivity index (χ4v) is 4.77. The predicted molar refractivity (Wildman–Crippen MR) is 162 cm³/mol. The van der Waals surface area contributed by atoms with Gasteiger partial charge in [0.15, 0.2) is 18.3 Å². The molecule has 12 atom stereocenters. The van der Waals surface area contributed by atoms with Gasteiger partial charge in [-0.25, -0.2) is 0 Å². The third-order valence-electron chi connectivity index (χ3n) is 8.69. The van der Waals surface area contributed by atoms with Crippen LogP contribution in [0.1, 0.15) is 81.1 Å². The van der Waals surface area contributed by atoms with Gasteiger partial charge in [-0.15, -0.1) is 0 Å². The molecule has 0 spiro atoms. The van der Waals surface area contributed by atoms with Crippen molar-refractivity contribution in [1.82, 2.24) is 0 Å². The maximum absolute atomic E-state index is 13.3. The van der Waals surface area contributed by atoms with Crippen molar-refractivity contribution in [3.8, 4) is 0 Å². The monoisotopic (exact) mass is 678 g/mol. The van der Waals surface area contributed by atoms with Crippen molar-refractivity contribution in [2.45, 2.75) is 136 Å². The smallest absolute Gasteiger partial charge is 0.309 e. The van der Waals surface area contributed by atoms with Gasteiger partial charge in [-0.1, -0.05) is 61.8 Å². The highest BCUT2D eigenvalue weighted by Gasteiger charge is 2.61. The van der Waals surface area contributed by atoms with E-state index in [1.54, 1.807) is 41.5 Å². The first kappa shape index (κ1) is 40.8. The molecule has 47 heavy (non-hydrogen) atoms. The second kappa shape index (κ2) is 18.4. The van der Waals surface area contributed by atoms with Gasteiger partial charge in [0, 0.05) is 6.42 Å². The summed E-state index contributed by atoms with van der Waals surface area (Å²) in [4.78, 5) is 52.2.